The molecule has 1 saturated heterocycles. The van der Waals surface area contributed by atoms with Crippen LogP contribution in [0.1, 0.15) is 44.2 Å². The summed E-state index contributed by atoms with van der Waals surface area (Å²) in [4.78, 5) is 2.49. The van der Waals surface area contributed by atoms with E-state index in [9.17, 15) is 0 Å². The summed E-state index contributed by atoms with van der Waals surface area (Å²) in [6.07, 6.45) is 1.17. The van der Waals surface area contributed by atoms with Crippen molar-refractivity contribution in [1.29, 1.82) is 0 Å². The number of hydrogen-bond donors (Lipinski definition) is 1. The lowest BCUT2D eigenvalue weighted by Gasteiger charge is -2.34. The molecule has 2 atom stereocenters. The molecule has 0 spiro atoms. The lowest BCUT2D eigenvalue weighted by molar-refractivity contribution is 0.158. The van der Waals surface area contributed by atoms with Crippen molar-refractivity contribution in [3.63, 3.8) is 0 Å². The third-order valence-corrected chi connectivity index (χ3v) is 3.82. The molecule has 1 heterocycles. The van der Waals surface area contributed by atoms with Crippen molar-refractivity contribution in [2.45, 2.75) is 45.7 Å². The minimum absolute atomic E-state index is 0.351. The summed E-state index contributed by atoms with van der Waals surface area (Å²) in [7, 11) is 0. The lowest BCUT2D eigenvalue weighted by Crippen LogP contribution is -2.45. The molecule has 0 amide bonds. The van der Waals surface area contributed by atoms with Crippen LogP contribution in [-0.4, -0.2) is 24.0 Å². The van der Waals surface area contributed by atoms with Gasteiger partial charge in [0.1, 0.15) is 0 Å². The molecular formula is C16H26N2. The standard InChI is InChI=1S/C16H26N2/c1-12(2)15-6-4-14(5-7-15)10-18-9-13(3)8-16(17)11-18/h4-7,12-13,16H,8-11,17H2,1-3H3. The van der Waals surface area contributed by atoms with Crippen molar-refractivity contribution in [3.8, 4) is 0 Å². The Hall–Kier alpha value is -0.860. The first-order valence-corrected chi connectivity index (χ1v) is 7.11. The third-order valence-electron chi connectivity index (χ3n) is 3.82. The molecular weight excluding hydrogens is 220 g/mol. The van der Waals surface area contributed by atoms with Crippen LogP contribution in [0.15, 0.2) is 24.3 Å². The van der Waals surface area contributed by atoms with Gasteiger partial charge in [-0.1, -0.05) is 45.0 Å². The second-order valence-electron chi connectivity index (χ2n) is 6.19. The van der Waals surface area contributed by atoms with Gasteiger partial charge >= 0.3 is 0 Å². The molecule has 2 unspecified atom stereocenters. The molecule has 1 aliphatic rings. The topological polar surface area (TPSA) is 29.3 Å². The Kier molecular flexibility index (Phi) is 4.41. The summed E-state index contributed by atoms with van der Waals surface area (Å²) in [5.41, 5.74) is 8.91. The van der Waals surface area contributed by atoms with Gasteiger partial charge in [-0.15, -0.1) is 0 Å². The third kappa shape index (κ3) is 3.56. The summed E-state index contributed by atoms with van der Waals surface area (Å²) in [6.45, 7) is 10.0. The Morgan fingerprint density at radius 3 is 2.44 bits per heavy atom. The fraction of sp³-hybridized carbons (Fsp3) is 0.625. The Morgan fingerprint density at radius 1 is 1.22 bits per heavy atom. The van der Waals surface area contributed by atoms with E-state index >= 15 is 0 Å². The van der Waals surface area contributed by atoms with Gasteiger partial charge in [0.25, 0.3) is 0 Å². The number of benzene rings is 1. The van der Waals surface area contributed by atoms with Gasteiger partial charge in [-0.3, -0.25) is 4.90 Å². The highest BCUT2D eigenvalue weighted by Gasteiger charge is 2.21. The van der Waals surface area contributed by atoms with E-state index < -0.39 is 0 Å². The van der Waals surface area contributed by atoms with Gasteiger partial charge in [0.15, 0.2) is 0 Å². The molecule has 0 aliphatic carbocycles. The first-order chi connectivity index (χ1) is 8.54. The summed E-state index contributed by atoms with van der Waals surface area (Å²) in [5, 5.41) is 0. The van der Waals surface area contributed by atoms with E-state index in [4.69, 9.17) is 5.73 Å². The predicted molar refractivity (Wildman–Crippen MR) is 77.6 cm³/mol. The summed E-state index contributed by atoms with van der Waals surface area (Å²) < 4.78 is 0. The Morgan fingerprint density at radius 2 is 1.89 bits per heavy atom. The number of likely N-dealkylation sites (tertiary alicyclic amines) is 1. The van der Waals surface area contributed by atoms with Crippen LogP contribution < -0.4 is 5.73 Å². The SMILES string of the molecule is CC1CC(N)CN(Cc2ccc(C(C)C)cc2)C1. The van der Waals surface area contributed by atoms with Crippen molar-refractivity contribution >= 4 is 0 Å². The minimum atomic E-state index is 0.351. The van der Waals surface area contributed by atoms with Crippen LogP contribution in [0.3, 0.4) is 0 Å². The second kappa shape index (κ2) is 5.85. The van der Waals surface area contributed by atoms with Crippen LogP contribution in [0.4, 0.5) is 0 Å². The molecule has 0 radical (unpaired) electrons. The Labute approximate surface area is 111 Å². The number of nitrogens with zero attached hydrogens (tertiary/aromatic N) is 1. The lowest BCUT2D eigenvalue weighted by atomic mass is 9.96. The smallest absolute Gasteiger partial charge is 0.0234 e. The highest BCUT2D eigenvalue weighted by atomic mass is 15.1. The molecule has 2 N–H and O–H groups in total. The fourth-order valence-corrected chi connectivity index (χ4v) is 2.91. The maximum absolute atomic E-state index is 6.09. The molecule has 1 aromatic carbocycles. The van der Waals surface area contributed by atoms with Crippen LogP contribution in [-0.2, 0) is 6.54 Å². The average molecular weight is 246 g/mol. The van der Waals surface area contributed by atoms with E-state index in [0.717, 1.165) is 19.0 Å². The first kappa shape index (κ1) is 13.6. The molecule has 2 heteroatoms. The summed E-state index contributed by atoms with van der Waals surface area (Å²) in [6, 6.07) is 9.39. The van der Waals surface area contributed by atoms with Crippen LogP contribution in [0.25, 0.3) is 0 Å². The zero-order valence-corrected chi connectivity index (χ0v) is 11.9. The quantitative estimate of drug-likeness (QED) is 0.888. The molecule has 2 nitrogen and oxygen atoms in total. The summed E-state index contributed by atoms with van der Waals surface area (Å²) in [5.74, 6) is 1.34. The molecule has 2 rings (SSSR count). The maximum atomic E-state index is 6.09. The van der Waals surface area contributed by atoms with Gasteiger partial charge in [-0.2, -0.15) is 0 Å². The molecule has 0 aromatic heterocycles. The van der Waals surface area contributed by atoms with Crippen molar-refractivity contribution in [3.05, 3.63) is 35.4 Å². The number of hydrogen-bond acceptors (Lipinski definition) is 2. The Balaban J connectivity index is 1.96. The molecule has 18 heavy (non-hydrogen) atoms. The average Bonchev–Trinajstić information content (AvgIpc) is 2.28. The fourth-order valence-electron chi connectivity index (χ4n) is 2.91. The molecule has 0 saturated carbocycles. The van der Waals surface area contributed by atoms with Gasteiger partial charge in [0.2, 0.25) is 0 Å². The van der Waals surface area contributed by atoms with Gasteiger partial charge < -0.3 is 5.73 Å². The van der Waals surface area contributed by atoms with Crippen molar-refractivity contribution < 1.29 is 0 Å². The van der Waals surface area contributed by atoms with E-state index in [1.54, 1.807) is 0 Å². The number of rotatable bonds is 3. The predicted octanol–water partition coefficient (Wildman–Crippen LogP) is 2.98. The van der Waals surface area contributed by atoms with E-state index in [-0.39, 0.29) is 0 Å². The van der Waals surface area contributed by atoms with Crippen molar-refractivity contribution in [2.24, 2.45) is 11.7 Å². The van der Waals surface area contributed by atoms with E-state index in [1.807, 2.05) is 0 Å². The Bertz CT molecular complexity index is 359. The van der Waals surface area contributed by atoms with Crippen LogP contribution in [0.5, 0.6) is 0 Å². The number of piperidine rings is 1. The molecule has 1 aromatic rings. The highest BCUT2D eigenvalue weighted by Crippen LogP contribution is 2.19. The van der Waals surface area contributed by atoms with Crippen LogP contribution >= 0.6 is 0 Å². The largest absolute Gasteiger partial charge is 0.327 e. The minimum Gasteiger partial charge on any atom is -0.327 e. The van der Waals surface area contributed by atoms with E-state index in [2.05, 4.69) is 49.9 Å². The van der Waals surface area contributed by atoms with Crippen LogP contribution in [0, 0.1) is 5.92 Å². The first-order valence-electron chi connectivity index (χ1n) is 7.11. The maximum Gasteiger partial charge on any atom is 0.0234 e. The molecule has 100 valence electrons. The van der Waals surface area contributed by atoms with Crippen molar-refractivity contribution in [1.82, 2.24) is 4.90 Å². The van der Waals surface area contributed by atoms with Gasteiger partial charge in [-0.05, 0) is 29.4 Å². The molecule has 1 aliphatic heterocycles. The monoisotopic (exact) mass is 246 g/mol. The van der Waals surface area contributed by atoms with Crippen LogP contribution in [0.2, 0.25) is 0 Å². The van der Waals surface area contributed by atoms with Gasteiger partial charge in [0, 0.05) is 25.7 Å². The van der Waals surface area contributed by atoms with Crippen molar-refractivity contribution in [2.75, 3.05) is 13.1 Å². The van der Waals surface area contributed by atoms with E-state index in [1.165, 1.54) is 24.1 Å². The number of nitrogens with two attached hydrogens (primary N) is 1. The summed E-state index contributed by atoms with van der Waals surface area (Å²) >= 11 is 0. The highest BCUT2D eigenvalue weighted by molar-refractivity contribution is 5.24. The normalized spacial score (nSPS) is 25.6. The second-order valence-corrected chi connectivity index (χ2v) is 6.19. The zero-order chi connectivity index (χ0) is 13.1. The zero-order valence-electron chi connectivity index (χ0n) is 11.9. The van der Waals surface area contributed by atoms with Gasteiger partial charge in [-0.25, -0.2) is 0 Å². The van der Waals surface area contributed by atoms with Gasteiger partial charge in [0.05, 0.1) is 0 Å². The molecule has 1 fully saturated rings. The van der Waals surface area contributed by atoms with E-state index in [0.29, 0.717) is 12.0 Å². The molecule has 0 bridgehead atoms.